The smallest absolute Gasteiger partial charge is 0.0351 e. The average Bonchev–Trinajstić information content (AvgIpc) is 2.90. The molecule has 1 aromatic carbocycles. The van der Waals surface area contributed by atoms with Gasteiger partial charge in [0, 0.05) is 24.3 Å². The zero-order valence-electron chi connectivity index (χ0n) is 12.1. The number of benzene rings is 1. The first-order valence-corrected chi connectivity index (χ1v) is 7.98. The number of rotatable bonds is 4. The van der Waals surface area contributed by atoms with Crippen LogP contribution in [0.2, 0.25) is 0 Å². The maximum absolute atomic E-state index is 3.45. The summed E-state index contributed by atoms with van der Waals surface area (Å²) in [6, 6.07) is 10.7. The van der Waals surface area contributed by atoms with Gasteiger partial charge in [0.2, 0.25) is 0 Å². The molecule has 104 valence electrons. The molecule has 2 nitrogen and oxygen atoms in total. The third-order valence-electron chi connectivity index (χ3n) is 4.72. The third-order valence-corrected chi connectivity index (χ3v) is 4.72. The Morgan fingerprint density at radius 3 is 2.74 bits per heavy atom. The molecule has 2 fully saturated rings. The van der Waals surface area contributed by atoms with Crippen LogP contribution in [0.4, 0.5) is 5.69 Å². The third kappa shape index (κ3) is 2.79. The van der Waals surface area contributed by atoms with Gasteiger partial charge in [-0.15, -0.1) is 0 Å². The molecule has 1 N–H and O–H groups in total. The molecule has 3 rings (SSSR count). The van der Waals surface area contributed by atoms with E-state index in [1.165, 1.54) is 56.3 Å². The van der Waals surface area contributed by atoms with Crippen LogP contribution >= 0.6 is 0 Å². The highest BCUT2D eigenvalue weighted by Crippen LogP contribution is 2.40. The Hall–Kier alpha value is -1.02. The maximum atomic E-state index is 3.45. The molecular formula is C17H26N2. The van der Waals surface area contributed by atoms with Gasteiger partial charge in [0.1, 0.15) is 0 Å². The van der Waals surface area contributed by atoms with E-state index in [4.69, 9.17) is 0 Å². The predicted molar refractivity (Wildman–Crippen MR) is 81.5 cm³/mol. The van der Waals surface area contributed by atoms with Crippen molar-refractivity contribution in [1.82, 2.24) is 4.90 Å². The summed E-state index contributed by atoms with van der Waals surface area (Å²) in [5, 5.41) is 3.45. The minimum absolute atomic E-state index is 0.686. The van der Waals surface area contributed by atoms with E-state index >= 15 is 0 Å². The first kappa shape index (κ1) is 13.0. The van der Waals surface area contributed by atoms with Crippen LogP contribution in [0.1, 0.15) is 57.1 Å². The van der Waals surface area contributed by atoms with Crippen molar-refractivity contribution in [2.45, 2.75) is 57.5 Å². The lowest BCUT2D eigenvalue weighted by Crippen LogP contribution is -2.35. The van der Waals surface area contributed by atoms with E-state index in [1.54, 1.807) is 0 Å². The Kier molecular flexibility index (Phi) is 4.07. The Balaban J connectivity index is 1.68. The lowest BCUT2D eigenvalue weighted by atomic mass is 10.0. The fourth-order valence-corrected chi connectivity index (χ4v) is 3.71. The second-order valence-corrected chi connectivity index (χ2v) is 6.03. The van der Waals surface area contributed by atoms with E-state index in [0.717, 1.165) is 12.6 Å². The number of nitrogens with one attached hydrogen (secondary N) is 1. The van der Waals surface area contributed by atoms with Crippen LogP contribution < -0.4 is 5.32 Å². The Morgan fingerprint density at radius 2 is 1.95 bits per heavy atom. The summed E-state index contributed by atoms with van der Waals surface area (Å²) in [7, 11) is 0. The predicted octanol–water partition coefficient (Wildman–Crippen LogP) is 4.20. The van der Waals surface area contributed by atoms with Gasteiger partial charge in [0.15, 0.2) is 0 Å². The summed E-state index contributed by atoms with van der Waals surface area (Å²) in [6.07, 6.45) is 8.19. The molecule has 2 atom stereocenters. The van der Waals surface area contributed by atoms with Gasteiger partial charge >= 0.3 is 0 Å². The number of hydrogen-bond donors (Lipinski definition) is 1. The quantitative estimate of drug-likeness (QED) is 0.871. The molecule has 0 radical (unpaired) electrons. The second-order valence-electron chi connectivity index (χ2n) is 6.03. The summed E-state index contributed by atoms with van der Waals surface area (Å²) in [4.78, 5) is 2.76. The SMILES string of the molecule is CCCNc1ccc(C2CCC3CCCCN32)cc1. The highest BCUT2D eigenvalue weighted by Gasteiger charge is 2.35. The topological polar surface area (TPSA) is 15.3 Å². The summed E-state index contributed by atoms with van der Waals surface area (Å²) in [6.45, 7) is 4.58. The van der Waals surface area contributed by atoms with Crippen molar-refractivity contribution in [1.29, 1.82) is 0 Å². The van der Waals surface area contributed by atoms with Crippen molar-refractivity contribution >= 4 is 5.69 Å². The largest absolute Gasteiger partial charge is 0.385 e. The number of nitrogens with zero attached hydrogens (tertiary/aromatic N) is 1. The molecule has 2 aliphatic rings. The standard InChI is InChI=1S/C17H26N2/c1-2-12-18-15-8-6-14(7-9-15)17-11-10-16-5-3-4-13-19(16)17/h6-9,16-18H,2-5,10-13H2,1H3. The highest BCUT2D eigenvalue weighted by atomic mass is 15.2. The second kappa shape index (κ2) is 5.96. The van der Waals surface area contributed by atoms with Crippen LogP contribution in [0, 0.1) is 0 Å². The van der Waals surface area contributed by atoms with Gasteiger partial charge in [-0.2, -0.15) is 0 Å². The first-order chi connectivity index (χ1) is 9.38. The van der Waals surface area contributed by atoms with Gasteiger partial charge in [0.05, 0.1) is 0 Å². The molecule has 2 heterocycles. The average molecular weight is 258 g/mol. The normalized spacial score (nSPS) is 27.2. The summed E-state index contributed by atoms with van der Waals surface area (Å²) >= 11 is 0. The Bertz CT molecular complexity index is 398. The highest BCUT2D eigenvalue weighted by molar-refractivity contribution is 5.45. The zero-order chi connectivity index (χ0) is 13.1. The minimum Gasteiger partial charge on any atom is -0.385 e. The van der Waals surface area contributed by atoms with Crippen molar-refractivity contribution in [2.75, 3.05) is 18.4 Å². The molecule has 2 unspecified atom stereocenters. The molecule has 1 aromatic rings. The van der Waals surface area contributed by atoms with Crippen LogP contribution in [0.5, 0.6) is 0 Å². The monoisotopic (exact) mass is 258 g/mol. The van der Waals surface area contributed by atoms with E-state index in [2.05, 4.69) is 41.4 Å². The lowest BCUT2D eigenvalue weighted by molar-refractivity contribution is 0.150. The van der Waals surface area contributed by atoms with Crippen LogP contribution in [-0.4, -0.2) is 24.0 Å². The number of anilines is 1. The van der Waals surface area contributed by atoms with Crippen molar-refractivity contribution in [3.63, 3.8) is 0 Å². The minimum atomic E-state index is 0.686. The van der Waals surface area contributed by atoms with Crippen molar-refractivity contribution in [3.05, 3.63) is 29.8 Å². The number of hydrogen-bond acceptors (Lipinski definition) is 2. The van der Waals surface area contributed by atoms with E-state index in [0.29, 0.717) is 6.04 Å². The van der Waals surface area contributed by atoms with Gasteiger partial charge in [-0.05, 0) is 56.3 Å². The van der Waals surface area contributed by atoms with Gasteiger partial charge in [0.25, 0.3) is 0 Å². The van der Waals surface area contributed by atoms with Crippen molar-refractivity contribution in [2.24, 2.45) is 0 Å². The van der Waals surface area contributed by atoms with Gasteiger partial charge < -0.3 is 5.32 Å². The molecule has 0 aromatic heterocycles. The molecule has 19 heavy (non-hydrogen) atoms. The van der Waals surface area contributed by atoms with Crippen molar-refractivity contribution in [3.8, 4) is 0 Å². The molecule has 0 aliphatic carbocycles. The molecule has 0 amide bonds. The molecule has 2 heteroatoms. The van der Waals surface area contributed by atoms with Crippen molar-refractivity contribution < 1.29 is 0 Å². The van der Waals surface area contributed by atoms with E-state index in [9.17, 15) is 0 Å². The van der Waals surface area contributed by atoms with Crippen LogP contribution in [0.15, 0.2) is 24.3 Å². The summed E-state index contributed by atoms with van der Waals surface area (Å²) in [5.41, 5.74) is 2.78. The molecule has 0 saturated carbocycles. The Labute approximate surface area is 117 Å². The lowest BCUT2D eigenvalue weighted by Gasteiger charge is -2.34. The fourth-order valence-electron chi connectivity index (χ4n) is 3.71. The van der Waals surface area contributed by atoms with Crippen LogP contribution in [-0.2, 0) is 0 Å². The fraction of sp³-hybridized carbons (Fsp3) is 0.647. The molecular weight excluding hydrogens is 232 g/mol. The van der Waals surface area contributed by atoms with Gasteiger partial charge in [-0.25, -0.2) is 0 Å². The molecule has 0 spiro atoms. The van der Waals surface area contributed by atoms with E-state index in [-0.39, 0.29) is 0 Å². The Morgan fingerprint density at radius 1 is 1.11 bits per heavy atom. The van der Waals surface area contributed by atoms with Gasteiger partial charge in [-0.1, -0.05) is 25.5 Å². The van der Waals surface area contributed by atoms with E-state index in [1.807, 2.05) is 0 Å². The summed E-state index contributed by atoms with van der Waals surface area (Å²) < 4.78 is 0. The first-order valence-electron chi connectivity index (χ1n) is 7.98. The van der Waals surface area contributed by atoms with Crippen LogP contribution in [0.25, 0.3) is 0 Å². The number of fused-ring (bicyclic) bond motifs is 1. The number of piperidine rings is 1. The van der Waals surface area contributed by atoms with E-state index < -0.39 is 0 Å². The summed E-state index contributed by atoms with van der Waals surface area (Å²) in [5.74, 6) is 0. The zero-order valence-corrected chi connectivity index (χ0v) is 12.1. The maximum Gasteiger partial charge on any atom is 0.0351 e. The van der Waals surface area contributed by atoms with Gasteiger partial charge in [-0.3, -0.25) is 4.90 Å². The molecule has 0 bridgehead atoms. The molecule has 2 aliphatic heterocycles. The van der Waals surface area contributed by atoms with Crippen LogP contribution in [0.3, 0.4) is 0 Å². The molecule has 2 saturated heterocycles.